The third-order valence-electron chi connectivity index (χ3n) is 5.02. The van der Waals surface area contributed by atoms with E-state index in [2.05, 4.69) is 33.9 Å². The number of carboxylic acids is 1. The minimum absolute atomic E-state index is 0.0461. The Kier molecular flexibility index (Phi) is 6.91. The number of aromatic carboxylic acids is 1. The number of carboxylic acid groups (broad SMARTS) is 1. The fourth-order valence-corrected chi connectivity index (χ4v) is 4.57. The molecule has 1 heterocycles. The van der Waals surface area contributed by atoms with Gasteiger partial charge in [0.1, 0.15) is 5.50 Å². The van der Waals surface area contributed by atoms with Gasteiger partial charge in [-0.15, -0.1) is 12.6 Å². The molecule has 0 fully saturated rings. The first kappa shape index (κ1) is 24.1. The van der Waals surface area contributed by atoms with E-state index in [0.29, 0.717) is 15.7 Å². The molecule has 2 unspecified atom stereocenters. The van der Waals surface area contributed by atoms with Crippen molar-refractivity contribution in [1.29, 1.82) is 0 Å². The van der Waals surface area contributed by atoms with E-state index in [1.54, 1.807) is 13.0 Å². The van der Waals surface area contributed by atoms with Crippen LogP contribution in [0.3, 0.4) is 0 Å². The van der Waals surface area contributed by atoms with Gasteiger partial charge in [0.05, 0.1) is 29.9 Å². The minimum atomic E-state index is -4.53. The summed E-state index contributed by atoms with van der Waals surface area (Å²) < 4.78 is 45.0. The zero-order valence-electron chi connectivity index (χ0n) is 16.8. The Morgan fingerprint density at radius 2 is 1.91 bits per heavy atom. The molecular weight excluding hydrogens is 513 g/mol. The number of halogens is 4. The maximum absolute atomic E-state index is 13.2. The number of carbonyl (C=O) groups is 2. The second kappa shape index (κ2) is 9.16. The number of benzene rings is 2. The van der Waals surface area contributed by atoms with Crippen molar-refractivity contribution in [1.82, 2.24) is 5.32 Å². The number of nitrogens with zero attached hydrogens (tertiary/aromatic N) is 1. The molecule has 2 atom stereocenters. The number of rotatable bonds is 4. The Morgan fingerprint density at radius 3 is 2.47 bits per heavy atom. The van der Waals surface area contributed by atoms with Crippen molar-refractivity contribution in [2.75, 3.05) is 12.0 Å². The smallest absolute Gasteiger partial charge is 0.416 e. The highest BCUT2D eigenvalue weighted by Crippen LogP contribution is 2.40. The molecule has 0 spiro atoms. The van der Waals surface area contributed by atoms with Crippen LogP contribution in [0.4, 0.5) is 18.9 Å². The molecule has 0 amide bonds. The number of hydrogen-bond acceptors (Lipinski definition) is 6. The summed E-state index contributed by atoms with van der Waals surface area (Å²) in [5.74, 6) is -1.80. The average Bonchev–Trinajstić information content (AvgIpc) is 2.72. The van der Waals surface area contributed by atoms with Crippen LogP contribution in [-0.2, 0) is 15.7 Å². The largest absolute Gasteiger partial charge is 0.478 e. The van der Waals surface area contributed by atoms with E-state index in [-0.39, 0.29) is 16.8 Å². The second-order valence-electron chi connectivity index (χ2n) is 6.92. The van der Waals surface area contributed by atoms with Gasteiger partial charge in [-0.2, -0.15) is 13.2 Å². The number of alkyl halides is 3. The summed E-state index contributed by atoms with van der Waals surface area (Å²) in [4.78, 5) is 25.4. The molecule has 0 saturated heterocycles. The van der Waals surface area contributed by atoms with Crippen LogP contribution in [0.25, 0.3) is 0 Å². The van der Waals surface area contributed by atoms with E-state index in [4.69, 9.17) is 4.74 Å². The van der Waals surface area contributed by atoms with Crippen LogP contribution in [0.5, 0.6) is 0 Å². The highest BCUT2D eigenvalue weighted by molar-refractivity contribution is 9.10. The molecule has 0 bridgehead atoms. The molecule has 2 N–H and O–H groups in total. The molecule has 0 saturated carbocycles. The fourth-order valence-electron chi connectivity index (χ4n) is 3.51. The fraction of sp³-hybridized carbons (Fsp3) is 0.238. The zero-order valence-corrected chi connectivity index (χ0v) is 19.3. The molecule has 170 valence electrons. The Labute approximate surface area is 195 Å². The lowest BCUT2D eigenvalue weighted by Crippen LogP contribution is -2.49. The summed E-state index contributed by atoms with van der Waals surface area (Å²) >= 11 is 7.85. The van der Waals surface area contributed by atoms with Crippen molar-refractivity contribution >= 4 is 46.2 Å². The minimum Gasteiger partial charge on any atom is -0.478 e. The van der Waals surface area contributed by atoms with Gasteiger partial charge in [0.25, 0.3) is 0 Å². The monoisotopic (exact) mass is 530 g/mol. The van der Waals surface area contributed by atoms with Crippen molar-refractivity contribution in [3.8, 4) is 0 Å². The van der Waals surface area contributed by atoms with E-state index >= 15 is 0 Å². The molecule has 2 aromatic carbocycles. The summed E-state index contributed by atoms with van der Waals surface area (Å²) in [7, 11) is 1.20. The SMILES string of the molecule is COC(=O)C1=C(C)N(c2cccc(C(F)(F)F)c2)C(S)NC1c1ccc(C(=O)O)cc1Br. The molecule has 2 aromatic rings. The first-order chi connectivity index (χ1) is 15.0. The van der Waals surface area contributed by atoms with Crippen LogP contribution in [0.2, 0.25) is 0 Å². The first-order valence-corrected chi connectivity index (χ1v) is 10.5. The van der Waals surface area contributed by atoms with Gasteiger partial charge in [0, 0.05) is 15.9 Å². The zero-order chi connectivity index (χ0) is 23.8. The van der Waals surface area contributed by atoms with Gasteiger partial charge in [0.2, 0.25) is 0 Å². The molecule has 1 aliphatic heterocycles. The van der Waals surface area contributed by atoms with Gasteiger partial charge in [-0.05, 0) is 42.8 Å². The summed E-state index contributed by atoms with van der Waals surface area (Å²) in [6, 6.07) is 8.26. The highest BCUT2D eigenvalue weighted by atomic mass is 79.9. The average molecular weight is 531 g/mol. The van der Waals surface area contributed by atoms with Crippen molar-refractivity contribution in [3.63, 3.8) is 0 Å². The number of hydrogen-bond donors (Lipinski definition) is 3. The number of methoxy groups -OCH3 is 1. The molecule has 6 nitrogen and oxygen atoms in total. The van der Waals surface area contributed by atoms with Gasteiger partial charge in [0.15, 0.2) is 0 Å². The number of allylic oxidation sites excluding steroid dienone is 1. The molecule has 0 aromatic heterocycles. The van der Waals surface area contributed by atoms with Crippen LogP contribution < -0.4 is 10.2 Å². The predicted molar refractivity (Wildman–Crippen MR) is 118 cm³/mol. The van der Waals surface area contributed by atoms with Crippen LogP contribution in [-0.4, -0.2) is 29.7 Å². The van der Waals surface area contributed by atoms with Crippen LogP contribution in [0.15, 0.2) is 58.2 Å². The van der Waals surface area contributed by atoms with Crippen LogP contribution in [0.1, 0.15) is 34.5 Å². The molecule has 32 heavy (non-hydrogen) atoms. The maximum atomic E-state index is 13.2. The summed E-state index contributed by atoms with van der Waals surface area (Å²) in [5.41, 5.74) is -0.375. The quantitative estimate of drug-likeness (QED) is 0.382. The topological polar surface area (TPSA) is 78.9 Å². The molecule has 1 aliphatic rings. The Morgan fingerprint density at radius 1 is 1.22 bits per heavy atom. The van der Waals surface area contributed by atoms with E-state index in [0.717, 1.165) is 12.1 Å². The van der Waals surface area contributed by atoms with Gasteiger partial charge in [-0.3, -0.25) is 5.32 Å². The van der Waals surface area contributed by atoms with Gasteiger partial charge in [-0.1, -0.05) is 28.1 Å². The summed E-state index contributed by atoms with van der Waals surface area (Å²) in [6.45, 7) is 1.59. The lowest BCUT2D eigenvalue weighted by atomic mass is 9.94. The van der Waals surface area contributed by atoms with E-state index < -0.39 is 35.2 Å². The Balaban J connectivity index is 2.14. The molecule has 3 rings (SSSR count). The predicted octanol–water partition coefficient (Wildman–Crippen LogP) is 4.98. The lowest BCUT2D eigenvalue weighted by Gasteiger charge is -2.41. The maximum Gasteiger partial charge on any atom is 0.416 e. The highest BCUT2D eigenvalue weighted by Gasteiger charge is 2.38. The van der Waals surface area contributed by atoms with Gasteiger partial charge in [-0.25, -0.2) is 9.59 Å². The van der Waals surface area contributed by atoms with Crippen molar-refractivity contribution in [3.05, 3.63) is 74.9 Å². The van der Waals surface area contributed by atoms with Gasteiger partial charge < -0.3 is 14.7 Å². The van der Waals surface area contributed by atoms with Crippen molar-refractivity contribution in [2.45, 2.75) is 24.6 Å². The standard InChI is InChI=1S/C21H18BrF3N2O4S/c1-10-16(19(30)31-2)17(14-7-6-11(18(28)29)8-15(14)22)26-20(32)27(10)13-5-3-4-12(9-13)21(23,24)25/h3-9,17,20,26,32H,1-2H3,(H,28,29). The van der Waals surface area contributed by atoms with Crippen LogP contribution in [0, 0.1) is 0 Å². The Hall–Kier alpha value is -2.50. The van der Waals surface area contributed by atoms with Crippen LogP contribution >= 0.6 is 28.6 Å². The second-order valence-corrected chi connectivity index (χ2v) is 8.27. The first-order valence-electron chi connectivity index (χ1n) is 9.18. The number of nitrogens with one attached hydrogen (secondary N) is 1. The normalized spacial score (nSPS) is 19.2. The number of esters is 1. The number of thiol groups is 1. The molecule has 0 radical (unpaired) electrons. The molecule has 11 heteroatoms. The Bertz CT molecular complexity index is 1110. The summed E-state index contributed by atoms with van der Waals surface area (Å²) in [5, 5.41) is 12.3. The summed E-state index contributed by atoms with van der Waals surface area (Å²) in [6.07, 6.45) is -4.53. The van der Waals surface area contributed by atoms with E-state index in [1.807, 2.05) is 0 Å². The van der Waals surface area contributed by atoms with Crippen molar-refractivity contribution in [2.24, 2.45) is 0 Å². The number of ether oxygens (including phenoxy) is 1. The number of anilines is 1. The lowest BCUT2D eigenvalue weighted by molar-refractivity contribution is -0.138. The van der Waals surface area contributed by atoms with Crippen molar-refractivity contribution < 1.29 is 32.6 Å². The van der Waals surface area contributed by atoms with E-state index in [9.17, 15) is 27.9 Å². The number of carbonyl (C=O) groups excluding carboxylic acids is 1. The van der Waals surface area contributed by atoms with Gasteiger partial charge >= 0.3 is 18.1 Å². The van der Waals surface area contributed by atoms with E-state index in [1.165, 1.54) is 36.3 Å². The third kappa shape index (κ3) is 4.64. The molecule has 0 aliphatic carbocycles. The third-order valence-corrected chi connectivity index (χ3v) is 6.08. The molecular formula is C21H18BrF3N2O4S.